The lowest BCUT2D eigenvalue weighted by atomic mass is 10.2. The van der Waals surface area contributed by atoms with Crippen LogP contribution in [0.15, 0.2) is 17.0 Å². The zero-order chi connectivity index (χ0) is 15.9. The van der Waals surface area contributed by atoms with Crippen molar-refractivity contribution >= 4 is 27.3 Å². The smallest absolute Gasteiger partial charge is 0.240 e. The van der Waals surface area contributed by atoms with Crippen molar-refractivity contribution in [1.29, 1.82) is 0 Å². The van der Waals surface area contributed by atoms with Gasteiger partial charge in [0.15, 0.2) is 0 Å². The summed E-state index contributed by atoms with van der Waals surface area (Å²) in [6.07, 6.45) is 0.567. The van der Waals surface area contributed by atoms with E-state index in [1.165, 1.54) is 12.1 Å². The van der Waals surface area contributed by atoms with E-state index < -0.39 is 10.0 Å². The predicted octanol–water partition coefficient (Wildman–Crippen LogP) is 1.56. The van der Waals surface area contributed by atoms with E-state index in [2.05, 4.69) is 4.72 Å². The summed E-state index contributed by atoms with van der Waals surface area (Å²) in [4.78, 5) is 0.104. The summed E-state index contributed by atoms with van der Waals surface area (Å²) >= 11 is 5.86. The van der Waals surface area contributed by atoms with Crippen LogP contribution in [0.1, 0.15) is 12.0 Å². The predicted molar refractivity (Wildman–Crippen MR) is 83.1 cm³/mol. The molecule has 0 aliphatic rings. The Labute approximate surface area is 130 Å². The minimum absolute atomic E-state index is 0.104. The molecule has 21 heavy (non-hydrogen) atoms. The van der Waals surface area contributed by atoms with Gasteiger partial charge in [-0.15, -0.1) is 0 Å². The third-order valence-corrected chi connectivity index (χ3v) is 4.65. The summed E-state index contributed by atoms with van der Waals surface area (Å²) in [7, 11) is -2.03. The summed E-state index contributed by atoms with van der Waals surface area (Å²) in [5, 5.41) is 0.293. The van der Waals surface area contributed by atoms with Crippen LogP contribution in [0.2, 0.25) is 5.02 Å². The van der Waals surface area contributed by atoms with Crippen LogP contribution in [0, 0.1) is 6.92 Å². The largest absolute Gasteiger partial charge is 0.398 e. The number of nitrogen functional groups attached to an aromatic ring is 1. The van der Waals surface area contributed by atoms with E-state index in [1.807, 2.05) is 0 Å². The first-order valence-electron chi connectivity index (χ1n) is 6.50. The summed E-state index contributed by atoms with van der Waals surface area (Å²) in [5.41, 5.74) is 6.57. The number of sulfonamides is 1. The Balaban J connectivity index is 2.55. The molecule has 0 unspecified atom stereocenters. The van der Waals surface area contributed by atoms with E-state index in [4.69, 9.17) is 26.8 Å². The van der Waals surface area contributed by atoms with Crippen molar-refractivity contribution in [3.63, 3.8) is 0 Å². The van der Waals surface area contributed by atoms with Crippen LogP contribution in [0.5, 0.6) is 0 Å². The van der Waals surface area contributed by atoms with E-state index in [0.717, 1.165) is 0 Å². The second kappa shape index (κ2) is 8.55. The minimum Gasteiger partial charge on any atom is -0.398 e. The Kier molecular flexibility index (Phi) is 7.41. The molecule has 1 aromatic rings. The van der Waals surface area contributed by atoms with Gasteiger partial charge in [0.2, 0.25) is 10.0 Å². The number of methoxy groups -OCH3 is 1. The number of nitrogens with one attached hydrogen (secondary N) is 1. The number of ether oxygens (including phenoxy) is 2. The average molecular weight is 337 g/mol. The second-order valence-corrected chi connectivity index (χ2v) is 6.65. The molecule has 0 heterocycles. The minimum atomic E-state index is -3.63. The van der Waals surface area contributed by atoms with Crippen LogP contribution in [-0.2, 0) is 19.5 Å². The topological polar surface area (TPSA) is 90.6 Å². The highest BCUT2D eigenvalue weighted by molar-refractivity contribution is 7.89. The molecule has 6 nitrogen and oxygen atoms in total. The number of anilines is 1. The van der Waals surface area contributed by atoms with Gasteiger partial charge in [0.05, 0.1) is 18.1 Å². The molecule has 0 amide bonds. The summed E-state index contributed by atoms with van der Waals surface area (Å²) in [6.45, 7) is 3.40. The highest BCUT2D eigenvalue weighted by Gasteiger charge is 2.18. The molecule has 3 N–H and O–H groups in total. The van der Waals surface area contributed by atoms with Crippen LogP contribution < -0.4 is 10.5 Å². The van der Waals surface area contributed by atoms with Gasteiger partial charge in [-0.05, 0) is 31.0 Å². The lowest BCUT2D eigenvalue weighted by molar-refractivity contribution is 0.0699. The lowest BCUT2D eigenvalue weighted by Gasteiger charge is -2.11. The normalized spacial score (nSPS) is 11.8. The molecule has 120 valence electrons. The molecule has 0 aliphatic carbocycles. The molecular formula is C13H21ClN2O4S. The fraction of sp³-hybridized carbons (Fsp3) is 0.538. The summed E-state index contributed by atoms with van der Waals surface area (Å²) in [5.74, 6) is 0. The number of rotatable bonds is 9. The third-order valence-electron chi connectivity index (χ3n) is 2.84. The van der Waals surface area contributed by atoms with Gasteiger partial charge < -0.3 is 15.2 Å². The molecular weight excluding hydrogens is 316 g/mol. The Hall–Kier alpha value is -0.860. The van der Waals surface area contributed by atoms with Gasteiger partial charge in [0, 0.05) is 31.0 Å². The van der Waals surface area contributed by atoms with Crippen LogP contribution in [0.25, 0.3) is 0 Å². The van der Waals surface area contributed by atoms with Crippen molar-refractivity contribution in [1.82, 2.24) is 4.72 Å². The second-order valence-electron chi connectivity index (χ2n) is 4.47. The van der Waals surface area contributed by atoms with Gasteiger partial charge in [-0.2, -0.15) is 0 Å². The molecule has 0 aliphatic heterocycles. The Morgan fingerprint density at radius 3 is 2.67 bits per heavy atom. The van der Waals surface area contributed by atoms with Crippen molar-refractivity contribution in [3.05, 3.63) is 22.7 Å². The first-order valence-corrected chi connectivity index (χ1v) is 8.36. The Morgan fingerprint density at radius 2 is 2.00 bits per heavy atom. The van der Waals surface area contributed by atoms with Crippen molar-refractivity contribution in [2.45, 2.75) is 18.2 Å². The Bertz CT molecular complexity index is 564. The van der Waals surface area contributed by atoms with Crippen LogP contribution in [0.4, 0.5) is 5.69 Å². The molecule has 1 aromatic carbocycles. The van der Waals surface area contributed by atoms with E-state index in [0.29, 0.717) is 42.5 Å². The molecule has 0 radical (unpaired) electrons. The number of nitrogens with two attached hydrogens (primary N) is 1. The highest BCUT2D eigenvalue weighted by Crippen LogP contribution is 2.25. The van der Waals surface area contributed by atoms with E-state index in [9.17, 15) is 8.42 Å². The Morgan fingerprint density at radius 1 is 1.29 bits per heavy atom. The van der Waals surface area contributed by atoms with Gasteiger partial charge in [-0.1, -0.05) is 11.6 Å². The van der Waals surface area contributed by atoms with Gasteiger partial charge in [0.1, 0.15) is 0 Å². The molecule has 8 heteroatoms. The van der Waals surface area contributed by atoms with Crippen molar-refractivity contribution in [2.24, 2.45) is 0 Å². The van der Waals surface area contributed by atoms with Crippen molar-refractivity contribution in [2.75, 3.05) is 39.2 Å². The van der Waals surface area contributed by atoms with Crippen molar-refractivity contribution < 1.29 is 17.9 Å². The molecule has 0 spiro atoms. The molecule has 0 bridgehead atoms. The number of hydrogen-bond acceptors (Lipinski definition) is 5. The molecule has 0 atom stereocenters. The average Bonchev–Trinajstić information content (AvgIpc) is 2.41. The van der Waals surface area contributed by atoms with E-state index >= 15 is 0 Å². The zero-order valence-corrected chi connectivity index (χ0v) is 13.8. The molecule has 0 saturated heterocycles. The first-order chi connectivity index (χ1) is 9.88. The SMILES string of the molecule is COCCOCCCNS(=O)(=O)c1cc(Cl)cc(N)c1C. The van der Waals surface area contributed by atoms with Gasteiger partial charge in [-0.25, -0.2) is 13.1 Å². The van der Waals surface area contributed by atoms with Crippen LogP contribution >= 0.6 is 11.6 Å². The van der Waals surface area contributed by atoms with Crippen LogP contribution in [-0.4, -0.2) is 41.9 Å². The van der Waals surface area contributed by atoms with Crippen molar-refractivity contribution in [3.8, 4) is 0 Å². The maximum Gasteiger partial charge on any atom is 0.240 e. The monoisotopic (exact) mass is 336 g/mol. The molecule has 0 saturated carbocycles. The maximum atomic E-state index is 12.2. The van der Waals surface area contributed by atoms with Gasteiger partial charge in [-0.3, -0.25) is 0 Å². The fourth-order valence-electron chi connectivity index (χ4n) is 1.66. The number of benzene rings is 1. The highest BCUT2D eigenvalue weighted by atomic mass is 35.5. The quantitative estimate of drug-likeness (QED) is 0.527. The molecule has 1 rings (SSSR count). The standard InChI is InChI=1S/C13H21ClN2O4S/c1-10-12(15)8-11(14)9-13(10)21(17,18)16-4-3-5-20-7-6-19-2/h8-9,16H,3-7,15H2,1-2H3. The lowest BCUT2D eigenvalue weighted by Crippen LogP contribution is -2.26. The van der Waals surface area contributed by atoms with Crippen LogP contribution in [0.3, 0.4) is 0 Å². The van der Waals surface area contributed by atoms with E-state index in [-0.39, 0.29) is 11.4 Å². The molecule has 0 aromatic heterocycles. The van der Waals surface area contributed by atoms with Gasteiger partial charge in [0.25, 0.3) is 0 Å². The number of halogens is 1. The summed E-state index contributed by atoms with van der Waals surface area (Å²) in [6, 6.07) is 2.92. The third kappa shape index (κ3) is 5.80. The molecule has 0 fully saturated rings. The fourth-order valence-corrected chi connectivity index (χ4v) is 3.32. The zero-order valence-electron chi connectivity index (χ0n) is 12.2. The van der Waals surface area contributed by atoms with E-state index in [1.54, 1.807) is 14.0 Å². The number of hydrogen-bond donors (Lipinski definition) is 2. The van der Waals surface area contributed by atoms with Gasteiger partial charge >= 0.3 is 0 Å². The maximum absolute atomic E-state index is 12.2. The first kappa shape index (κ1) is 18.2. The summed E-state index contributed by atoms with van der Waals surface area (Å²) < 4.78 is 37.0.